The van der Waals surface area contributed by atoms with Crippen molar-refractivity contribution in [3.05, 3.63) is 57.3 Å². The van der Waals surface area contributed by atoms with Crippen molar-refractivity contribution in [1.82, 2.24) is 10.2 Å². The highest BCUT2D eigenvalue weighted by atomic mass is 16.6. The van der Waals surface area contributed by atoms with Crippen LogP contribution in [0.25, 0.3) is 17.4 Å². The zero-order valence-electron chi connectivity index (χ0n) is 13.8. The largest absolute Gasteiger partial charge is 0.457 e. The molecule has 0 unspecified atom stereocenters. The summed E-state index contributed by atoms with van der Waals surface area (Å²) in [5.41, 5.74) is 0.962. The van der Waals surface area contributed by atoms with E-state index in [9.17, 15) is 24.5 Å². The highest BCUT2D eigenvalue weighted by Gasteiger charge is 2.33. The summed E-state index contributed by atoms with van der Waals surface area (Å²) >= 11 is 0. The third-order valence-corrected chi connectivity index (χ3v) is 3.92. The Morgan fingerprint density at radius 2 is 1.92 bits per heavy atom. The van der Waals surface area contributed by atoms with Crippen LogP contribution in [-0.2, 0) is 9.59 Å². The van der Waals surface area contributed by atoms with Crippen molar-refractivity contribution in [1.29, 1.82) is 0 Å². The number of nitro groups is 1. The molecule has 2 heterocycles. The summed E-state index contributed by atoms with van der Waals surface area (Å²) in [5, 5.41) is 13.0. The number of aryl methyl sites for hydroxylation is 1. The number of rotatable bonds is 3. The molecular weight excluding hydrogens is 342 g/mol. The van der Waals surface area contributed by atoms with Crippen molar-refractivity contribution in [3.63, 3.8) is 0 Å². The van der Waals surface area contributed by atoms with E-state index in [-0.39, 0.29) is 17.0 Å². The van der Waals surface area contributed by atoms with Gasteiger partial charge >= 0.3 is 6.03 Å². The Morgan fingerprint density at radius 1 is 1.19 bits per heavy atom. The molecule has 2 aromatic rings. The van der Waals surface area contributed by atoms with E-state index in [0.29, 0.717) is 11.3 Å². The third kappa shape index (κ3) is 2.97. The second-order valence-electron chi connectivity index (χ2n) is 5.64. The fraction of sp³-hybridized carbons (Fsp3) is 0.118. The van der Waals surface area contributed by atoms with Crippen molar-refractivity contribution >= 4 is 29.6 Å². The molecule has 3 rings (SSSR count). The minimum absolute atomic E-state index is 0.0797. The number of barbiturate groups is 1. The van der Waals surface area contributed by atoms with Gasteiger partial charge in [-0.25, -0.2) is 4.79 Å². The first-order valence-corrected chi connectivity index (χ1v) is 7.48. The van der Waals surface area contributed by atoms with Gasteiger partial charge in [0.15, 0.2) is 0 Å². The number of non-ortho nitro benzene ring substituents is 1. The molecule has 9 heteroatoms. The Bertz CT molecular complexity index is 988. The molecule has 0 atom stereocenters. The molecule has 132 valence electrons. The maximum absolute atomic E-state index is 12.1. The van der Waals surface area contributed by atoms with Crippen molar-refractivity contribution in [2.24, 2.45) is 0 Å². The molecular formula is C17H13N3O6. The van der Waals surface area contributed by atoms with Gasteiger partial charge in [-0.2, -0.15) is 0 Å². The van der Waals surface area contributed by atoms with E-state index in [4.69, 9.17) is 4.42 Å². The summed E-state index contributed by atoms with van der Waals surface area (Å²) in [6.07, 6.45) is 1.22. The molecule has 0 bridgehead atoms. The number of amides is 4. The van der Waals surface area contributed by atoms with Crippen LogP contribution >= 0.6 is 0 Å². The number of benzene rings is 1. The number of furan rings is 1. The second kappa shape index (κ2) is 6.28. The number of likely N-dealkylation sites (N-methyl/N-ethyl adjacent to an activating group) is 1. The number of urea groups is 1. The lowest BCUT2D eigenvalue weighted by atomic mass is 10.1. The maximum atomic E-state index is 12.1. The smallest absolute Gasteiger partial charge is 0.331 e. The van der Waals surface area contributed by atoms with Gasteiger partial charge in [0.2, 0.25) is 0 Å². The molecule has 0 saturated carbocycles. The van der Waals surface area contributed by atoms with Crippen molar-refractivity contribution in [2.45, 2.75) is 6.92 Å². The third-order valence-electron chi connectivity index (χ3n) is 3.92. The summed E-state index contributed by atoms with van der Waals surface area (Å²) in [6, 6.07) is 6.69. The van der Waals surface area contributed by atoms with Crippen LogP contribution in [0.3, 0.4) is 0 Å². The Labute approximate surface area is 147 Å². The number of hydrogen-bond acceptors (Lipinski definition) is 6. The Hall–Kier alpha value is -3.75. The molecule has 9 nitrogen and oxygen atoms in total. The number of hydrogen-bond donors (Lipinski definition) is 1. The molecule has 1 aromatic carbocycles. The minimum atomic E-state index is -0.817. The van der Waals surface area contributed by atoms with Crippen LogP contribution in [-0.4, -0.2) is 34.7 Å². The van der Waals surface area contributed by atoms with Crippen LogP contribution in [0.2, 0.25) is 0 Å². The van der Waals surface area contributed by atoms with Gasteiger partial charge in [0.05, 0.1) is 4.92 Å². The van der Waals surface area contributed by atoms with Crippen molar-refractivity contribution < 1.29 is 23.7 Å². The lowest BCUT2D eigenvalue weighted by molar-refractivity contribution is -0.384. The summed E-state index contributed by atoms with van der Waals surface area (Å²) in [6.45, 7) is 1.78. The maximum Gasteiger partial charge on any atom is 0.331 e. The topological polar surface area (TPSA) is 123 Å². The summed E-state index contributed by atoms with van der Waals surface area (Å²) < 4.78 is 5.61. The van der Waals surface area contributed by atoms with Gasteiger partial charge in [-0.05, 0) is 30.7 Å². The molecule has 4 amide bonds. The van der Waals surface area contributed by atoms with E-state index in [2.05, 4.69) is 0 Å². The lowest BCUT2D eigenvalue weighted by Gasteiger charge is -2.21. The summed E-state index contributed by atoms with van der Waals surface area (Å²) in [5.74, 6) is -1.01. The highest BCUT2D eigenvalue weighted by Crippen LogP contribution is 2.30. The highest BCUT2D eigenvalue weighted by molar-refractivity contribution is 6.30. The molecule has 26 heavy (non-hydrogen) atoms. The van der Waals surface area contributed by atoms with Crippen LogP contribution in [0.15, 0.2) is 40.3 Å². The zero-order chi connectivity index (χ0) is 19.0. The van der Waals surface area contributed by atoms with Gasteiger partial charge in [-0.1, -0.05) is 6.07 Å². The van der Waals surface area contributed by atoms with Gasteiger partial charge in [0.1, 0.15) is 17.1 Å². The van der Waals surface area contributed by atoms with E-state index < -0.39 is 22.8 Å². The zero-order valence-corrected chi connectivity index (χ0v) is 13.8. The number of imide groups is 2. The Kier molecular flexibility index (Phi) is 4.13. The number of carbonyl (C=O) groups excluding carboxylic acids is 3. The normalized spacial score (nSPS) is 16.2. The Morgan fingerprint density at radius 3 is 2.62 bits per heavy atom. The summed E-state index contributed by atoms with van der Waals surface area (Å²) in [7, 11) is 1.25. The van der Waals surface area contributed by atoms with Crippen LogP contribution < -0.4 is 5.32 Å². The van der Waals surface area contributed by atoms with Gasteiger partial charge in [0.25, 0.3) is 17.5 Å². The van der Waals surface area contributed by atoms with Gasteiger partial charge < -0.3 is 4.42 Å². The van der Waals surface area contributed by atoms with Gasteiger partial charge in [0, 0.05) is 24.7 Å². The number of nitrogens with zero attached hydrogens (tertiary/aromatic N) is 2. The molecule has 0 aliphatic carbocycles. The standard InChI is InChI=1S/C17H13N3O6/c1-9-3-4-10(20(24)25)7-12(9)14-6-5-11(26-14)8-13-15(21)18-17(23)19(2)16(13)22/h3-8H,1-2H3,(H,18,21,23)/b13-8+. The van der Waals surface area contributed by atoms with Crippen LogP contribution in [0.4, 0.5) is 10.5 Å². The summed E-state index contributed by atoms with van der Waals surface area (Å²) in [4.78, 5) is 46.5. The fourth-order valence-corrected chi connectivity index (χ4v) is 2.45. The van der Waals surface area contributed by atoms with Crippen LogP contribution in [0.1, 0.15) is 11.3 Å². The molecule has 1 saturated heterocycles. The van der Waals surface area contributed by atoms with E-state index >= 15 is 0 Å². The van der Waals surface area contributed by atoms with Crippen LogP contribution in [0.5, 0.6) is 0 Å². The fourth-order valence-electron chi connectivity index (χ4n) is 2.45. The average molecular weight is 355 g/mol. The Balaban J connectivity index is 1.97. The molecule has 1 aromatic heterocycles. The average Bonchev–Trinajstić information content (AvgIpc) is 3.05. The van der Waals surface area contributed by atoms with E-state index in [1.165, 1.54) is 31.3 Å². The second-order valence-corrected chi connectivity index (χ2v) is 5.64. The molecule has 1 fully saturated rings. The first-order chi connectivity index (χ1) is 12.3. The predicted octanol–water partition coefficient (Wildman–Crippen LogP) is 2.25. The SMILES string of the molecule is Cc1ccc([N+](=O)[O-])cc1-c1ccc(/C=C2\C(=O)NC(=O)N(C)C2=O)o1. The monoisotopic (exact) mass is 355 g/mol. The van der Waals surface area contributed by atoms with E-state index in [0.717, 1.165) is 10.5 Å². The van der Waals surface area contributed by atoms with E-state index in [1.807, 2.05) is 5.32 Å². The number of nitrogens with one attached hydrogen (secondary N) is 1. The van der Waals surface area contributed by atoms with E-state index in [1.54, 1.807) is 19.1 Å². The quantitative estimate of drug-likeness (QED) is 0.390. The molecule has 0 radical (unpaired) electrons. The molecule has 1 N–H and O–H groups in total. The van der Waals surface area contributed by atoms with Gasteiger partial charge in [-0.15, -0.1) is 0 Å². The molecule has 0 spiro atoms. The lowest BCUT2D eigenvalue weighted by Crippen LogP contribution is -2.52. The van der Waals surface area contributed by atoms with Crippen molar-refractivity contribution in [2.75, 3.05) is 7.05 Å². The molecule has 1 aliphatic heterocycles. The minimum Gasteiger partial charge on any atom is -0.457 e. The first-order valence-electron chi connectivity index (χ1n) is 7.48. The van der Waals surface area contributed by atoms with Crippen molar-refractivity contribution in [3.8, 4) is 11.3 Å². The van der Waals surface area contributed by atoms with Crippen LogP contribution in [0, 0.1) is 17.0 Å². The first kappa shape index (κ1) is 17.1. The van der Waals surface area contributed by atoms with Gasteiger partial charge in [-0.3, -0.25) is 29.9 Å². The molecule has 1 aliphatic rings. The number of nitro benzene ring substituents is 1. The predicted molar refractivity (Wildman–Crippen MR) is 89.8 cm³/mol. The number of carbonyl (C=O) groups is 3.